The molecule has 1 aromatic rings. The summed E-state index contributed by atoms with van der Waals surface area (Å²) in [7, 11) is 1.59. The largest absolute Gasteiger partial charge is 0.497 e. The molecule has 37 heavy (non-hydrogen) atoms. The highest BCUT2D eigenvalue weighted by atomic mass is 32.2. The molecule has 1 spiro atoms. The molecule has 4 aliphatic heterocycles. The average molecular weight is 527 g/mol. The van der Waals surface area contributed by atoms with Gasteiger partial charge in [0.2, 0.25) is 5.91 Å². The van der Waals surface area contributed by atoms with Gasteiger partial charge in [-0.2, -0.15) is 0 Å². The molecule has 2 amide bonds. The standard InChI is InChI=1S/C28H34N2O6S/c1-4-18(17-31)30-23-25(33)29(19-9-11-20(35-3)12-10-19)15-8-14-28(23)21(24(30)32)22-26(34)36-16-7-5-6-13-27(22,2)37-28/h6,8-14,18,21-23,31H,4-5,7,15-17H2,1-3H3/b13-6-/t18-,21-,22-,23?,27+,28-/m0/s1. The quantitative estimate of drug-likeness (QED) is 0.466. The smallest absolute Gasteiger partial charge is 0.311 e. The van der Waals surface area contributed by atoms with Gasteiger partial charge in [0.05, 0.1) is 42.9 Å². The molecule has 0 aliphatic carbocycles. The Bertz CT molecular complexity index is 1130. The number of carbonyl (C=O) groups excluding carboxylic acids is 3. The van der Waals surface area contributed by atoms with Gasteiger partial charge in [-0.15, -0.1) is 11.8 Å². The fourth-order valence-electron chi connectivity index (χ4n) is 6.37. The molecule has 1 N–H and O–H groups in total. The molecule has 0 radical (unpaired) electrons. The highest BCUT2D eigenvalue weighted by molar-refractivity contribution is 8.02. The SMILES string of the molecule is CC[C@@H](CO)N1C(=O)[C@@H]2[C@H]3C(=O)OCCC/C=C\[C@@]3(C)S[C@@]23C=CCN(c2ccc(OC)cc2)C(=O)C13. The van der Waals surface area contributed by atoms with E-state index in [1.54, 1.807) is 29.0 Å². The molecule has 1 aromatic carbocycles. The fraction of sp³-hybridized carbons (Fsp3) is 0.536. The maximum absolute atomic E-state index is 14.4. The number of likely N-dealkylation sites (tertiary alicyclic amines) is 1. The number of cyclic esters (lactones) is 1. The summed E-state index contributed by atoms with van der Waals surface area (Å²) in [5.41, 5.74) is 0.691. The number of methoxy groups -OCH3 is 1. The predicted molar refractivity (Wildman–Crippen MR) is 141 cm³/mol. The highest BCUT2D eigenvalue weighted by Gasteiger charge is 2.74. The molecule has 0 aromatic heterocycles. The Hall–Kier alpha value is -2.78. The zero-order chi connectivity index (χ0) is 26.4. The Morgan fingerprint density at radius 2 is 1.89 bits per heavy atom. The van der Waals surface area contributed by atoms with Crippen LogP contribution in [0.25, 0.3) is 0 Å². The predicted octanol–water partition coefficient (Wildman–Crippen LogP) is 2.95. The van der Waals surface area contributed by atoms with Crippen LogP contribution in [0.1, 0.15) is 33.1 Å². The lowest BCUT2D eigenvalue weighted by molar-refractivity contribution is -0.154. The number of esters is 1. The van der Waals surface area contributed by atoms with E-state index in [4.69, 9.17) is 9.47 Å². The van der Waals surface area contributed by atoms with Crippen molar-refractivity contribution in [3.8, 4) is 5.75 Å². The van der Waals surface area contributed by atoms with Crippen LogP contribution in [0.3, 0.4) is 0 Å². The van der Waals surface area contributed by atoms with E-state index < -0.39 is 39.4 Å². The number of rotatable bonds is 5. The van der Waals surface area contributed by atoms with Gasteiger partial charge in [-0.25, -0.2) is 0 Å². The Labute approximate surface area is 221 Å². The van der Waals surface area contributed by atoms with Crippen LogP contribution < -0.4 is 9.64 Å². The second kappa shape index (κ2) is 9.83. The number of hydrogen-bond acceptors (Lipinski definition) is 7. The van der Waals surface area contributed by atoms with E-state index in [2.05, 4.69) is 6.08 Å². The van der Waals surface area contributed by atoms with Gasteiger partial charge in [0.1, 0.15) is 11.8 Å². The zero-order valence-electron chi connectivity index (χ0n) is 21.5. The maximum Gasteiger partial charge on any atom is 0.311 e. The fourth-order valence-corrected chi connectivity index (χ4v) is 8.51. The number of anilines is 1. The van der Waals surface area contributed by atoms with Gasteiger partial charge in [0.15, 0.2) is 0 Å². The number of aliphatic hydroxyl groups excluding tert-OH is 1. The molecule has 4 aliphatic rings. The summed E-state index contributed by atoms with van der Waals surface area (Å²) in [6.07, 6.45) is 9.99. The number of carbonyl (C=O) groups is 3. The first-order valence-corrected chi connectivity index (χ1v) is 13.7. The third-order valence-electron chi connectivity index (χ3n) is 8.15. The van der Waals surface area contributed by atoms with E-state index in [0.717, 1.165) is 12.8 Å². The van der Waals surface area contributed by atoms with Gasteiger partial charge in [-0.3, -0.25) is 14.4 Å². The number of benzene rings is 1. The summed E-state index contributed by atoms with van der Waals surface area (Å²) in [6, 6.07) is 5.83. The summed E-state index contributed by atoms with van der Waals surface area (Å²) >= 11 is 1.51. The Kier molecular flexibility index (Phi) is 6.87. The van der Waals surface area contributed by atoms with E-state index in [1.165, 1.54) is 11.8 Å². The van der Waals surface area contributed by atoms with Crippen molar-refractivity contribution >= 4 is 35.2 Å². The van der Waals surface area contributed by atoms with Crippen LogP contribution in [-0.2, 0) is 19.1 Å². The van der Waals surface area contributed by atoms with Crippen molar-refractivity contribution in [1.29, 1.82) is 0 Å². The number of ether oxygens (including phenoxy) is 2. The first-order chi connectivity index (χ1) is 17.8. The van der Waals surface area contributed by atoms with Crippen molar-refractivity contribution < 1.29 is 29.0 Å². The molecule has 6 atom stereocenters. The van der Waals surface area contributed by atoms with E-state index >= 15 is 0 Å². The van der Waals surface area contributed by atoms with E-state index in [-0.39, 0.29) is 18.4 Å². The van der Waals surface area contributed by atoms with Crippen molar-refractivity contribution in [2.45, 2.75) is 54.7 Å². The molecule has 9 heteroatoms. The lowest BCUT2D eigenvalue weighted by atomic mass is 9.74. The molecule has 198 valence electrons. The highest BCUT2D eigenvalue weighted by Crippen LogP contribution is 2.65. The zero-order valence-corrected chi connectivity index (χ0v) is 22.3. The molecule has 0 saturated carbocycles. The molecule has 2 fully saturated rings. The Morgan fingerprint density at radius 1 is 1.14 bits per heavy atom. The summed E-state index contributed by atoms with van der Waals surface area (Å²) in [5, 5.41) is 10.2. The van der Waals surface area contributed by atoms with Gasteiger partial charge >= 0.3 is 5.97 Å². The summed E-state index contributed by atoms with van der Waals surface area (Å²) in [6.45, 7) is 4.23. The molecule has 4 heterocycles. The molecule has 8 nitrogen and oxygen atoms in total. The summed E-state index contributed by atoms with van der Waals surface area (Å²) < 4.78 is 9.24. The molecule has 0 bridgehead atoms. The molecule has 5 rings (SSSR count). The lowest BCUT2D eigenvalue weighted by Gasteiger charge is -2.39. The van der Waals surface area contributed by atoms with Crippen LogP contribution in [-0.4, -0.2) is 76.2 Å². The van der Waals surface area contributed by atoms with Crippen LogP contribution >= 0.6 is 11.8 Å². The topological polar surface area (TPSA) is 96.4 Å². The van der Waals surface area contributed by atoms with Gasteiger partial charge in [0, 0.05) is 17.0 Å². The van der Waals surface area contributed by atoms with Crippen LogP contribution in [0.15, 0.2) is 48.6 Å². The van der Waals surface area contributed by atoms with Crippen LogP contribution in [0.4, 0.5) is 5.69 Å². The number of aliphatic hydroxyl groups is 1. The first-order valence-electron chi connectivity index (χ1n) is 12.9. The monoisotopic (exact) mass is 526 g/mol. The number of hydrogen-bond donors (Lipinski definition) is 1. The maximum atomic E-state index is 14.4. The number of allylic oxidation sites excluding steroid dienone is 1. The Morgan fingerprint density at radius 3 is 2.57 bits per heavy atom. The number of nitrogens with zero attached hydrogens (tertiary/aromatic N) is 2. The van der Waals surface area contributed by atoms with Crippen molar-refractivity contribution in [2.75, 3.05) is 31.8 Å². The van der Waals surface area contributed by atoms with Gasteiger partial charge in [-0.1, -0.05) is 31.2 Å². The van der Waals surface area contributed by atoms with Crippen molar-refractivity contribution in [3.63, 3.8) is 0 Å². The Balaban J connectivity index is 1.65. The molecular weight excluding hydrogens is 492 g/mol. The molecule has 2 saturated heterocycles. The number of amides is 2. The van der Waals surface area contributed by atoms with Crippen molar-refractivity contribution in [2.24, 2.45) is 11.8 Å². The number of thioether (sulfide) groups is 1. The minimum atomic E-state index is -0.972. The second-order valence-corrected chi connectivity index (χ2v) is 12.0. The third kappa shape index (κ3) is 3.98. The molecule has 1 unspecified atom stereocenters. The minimum absolute atomic E-state index is 0.224. The summed E-state index contributed by atoms with van der Waals surface area (Å²) in [4.78, 5) is 45.4. The van der Waals surface area contributed by atoms with Crippen LogP contribution in [0, 0.1) is 11.8 Å². The van der Waals surface area contributed by atoms with E-state index in [9.17, 15) is 19.5 Å². The van der Waals surface area contributed by atoms with Gasteiger partial charge < -0.3 is 24.4 Å². The van der Waals surface area contributed by atoms with Crippen LogP contribution in [0.2, 0.25) is 0 Å². The number of fused-ring (bicyclic) bond motifs is 2. The van der Waals surface area contributed by atoms with Crippen molar-refractivity contribution in [3.05, 3.63) is 48.6 Å². The second-order valence-electron chi connectivity index (χ2n) is 10.2. The first kappa shape index (κ1) is 25.9. The minimum Gasteiger partial charge on any atom is -0.497 e. The third-order valence-corrected chi connectivity index (χ3v) is 9.94. The van der Waals surface area contributed by atoms with E-state index in [1.807, 2.05) is 44.2 Å². The van der Waals surface area contributed by atoms with Gasteiger partial charge in [0.25, 0.3) is 5.91 Å². The van der Waals surface area contributed by atoms with Crippen LogP contribution in [0.5, 0.6) is 5.75 Å². The van der Waals surface area contributed by atoms with E-state index in [0.29, 0.717) is 31.0 Å². The average Bonchev–Trinajstić information content (AvgIpc) is 3.25. The summed E-state index contributed by atoms with van der Waals surface area (Å²) in [5.74, 6) is -1.73. The normalized spacial score (nSPS) is 34.9. The lowest BCUT2D eigenvalue weighted by Crippen LogP contribution is -2.56. The van der Waals surface area contributed by atoms with Crippen molar-refractivity contribution in [1.82, 2.24) is 4.90 Å². The van der Waals surface area contributed by atoms with Gasteiger partial charge in [-0.05, 0) is 50.5 Å². The molecular formula is C28H34N2O6S.